The summed E-state index contributed by atoms with van der Waals surface area (Å²) in [7, 11) is -1.05. The van der Waals surface area contributed by atoms with Gasteiger partial charge in [0.15, 0.2) is 6.10 Å². The zero-order chi connectivity index (χ0) is 14.5. The molecule has 1 aliphatic heterocycles. The van der Waals surface area contributed by atoms with Crippen molar-refractivity contribution < 1.29 is 22.7 Å². The average molecular weight is 291 g/mol. The Bertz CT molecular complexity index is 458. The van der Waals surface area contributed by atoms with Crippen molar-refractivity contribution in [2.24, 2.45) is 0 Å². The molecule has 0 spiro atoms. The minimum atomic E-state index is -3.68. The second-order valence-corrected chi connectivity index (χ2v) is 6.04. The Kier molecular flexibility index (Phi) is 5.68. The van der Waals surface area contributed by atoms with Gasteiger partial charge in [-0.15, -0.1) is 0 Å². The van der Waals surface area contributed by atoms with Crippen LogP contribution in [0.25, 0.3) is 0 Å². The molecule has 1 saturated heterocycles. The largest absolute Gasteiger partial charge is 0.469 e. The molecule has 8 nitrogen and oxygen atoms in total. The molecule has 0 radical (unpaired) electrons. The molecule has 0 amide bonds. The van der Waals surface area contributed by atoms with Crippen LogP contribution in [0.4, 0.5) is 0 Å². The smallest absolute Gasteiger partial charge is 0.306 e. The number of rotatable bonds is 5. The molecule has 1 heterocycles. The topological polar surface area (TPSA) is 99.9 Å². The Balaban J connectivity index is 2.63. The Morgan fingerprint density at radius 3 is 2.89 bits per heavy atom. The number of hydrogen-bond acceptors (Lipinski definition) is 6. The van der Waals surface area contributed by atoms with Crippen molar-refractivity contribution >= 4 is 16.2 Å². The number of carbonyl (C=O) groups excluding carboxylic acids is 1. The summed E-state index contributed by atoms with van der Waals surface area (Å²) in [5.41, 5.74) is 0. The molecule has 19 heavy (non-hydrogen) atoms. The quantitative estimate of drug-likeness (QED) is 0.599. The van der Waals surface area contributed by atoms with E-state index in [9.17, 15) is 13.2 Å². The van der Waals surface area contributed by atoms with Crippen LogP contribution in [0.3, 0.4) is 0 Å². The van der Waals surface area contributed by atoms with Crippen LogP contribution in [0.5, 0.6) is 0 Å². The van der Waals surface area contributed by atoms with Gasteiger partial charge in [0.05, 0.1) is 32.8 Å². The summed E-state index contributed by atoms with van der Waals surface area (Å²) in [5, 5.41) is 8.75. The number of hydrogen-bond donors (Lipinski definition) is 0. The van der Waals surface area contributed by atoms with Crippen molar-refractivity contribution in [1.29, 1.82) is 5.26 Å². The number of nitrogens with zero attached hydrogens (tertiary/aromatic N) is 3. The SMILES string of the molecule is COC(=O)CCN(C)S(=O)(=O)N1CCOC(C#N)C1. The maximum absolute atomic E-state index is 12.2. The van der Waals surface area contributed by atoms with Gasteiger partial charge < -0.3 is 9.47 Å². The van der Waals surface area contributed by atoms with Crippen LogP contribution in [0, 0.1) is 11.3 Å². The summed E-state index contributed by atoms with van der Waals surface area (Å²) >= 11 is 0. The summed E-state index contributed by atoms with van der Waals surface area (Å²) in [4.78, 5) is 11.0. The van der Waals surface area contributed by atoms with E-state index in [-0.39, 0.29) is 32.7 Å². The molecule has 108 valence electrons. The van der Waals surface area contributed by atoms with Gasteiger partial charge in [-0.2, -0.15) is 22.3 Å². The Hall–Kier alpha value is -1.21. The molecular weight excluding hydrogens is 274 g/mol. The molecule has 0 aromatic rings. The molecule has 0 aromatic carbocycles. The number of carbonyl (C=O) groups is 1. The molecule has 0 aromatic heterocycles. The van der Waals surface area contributed by atoms with Gasteiger partial charge in [0.2, 0.25) is 0 Å². The van der Waals surface area contributed by atoms with E-state index < -0.39 is 22.3 Å². The van der Waals surface area contributed by atoms with E-state index in [4.69, 9.17) is 10.00 Å². The summed E-state index contributed by atoms with van der Waals surface area (Å²) in [6.07, 6.45) is -0.768. The highest BCUT2D eigenvalue weighted by Gasteiger charge is 2.32. The molecule has 0 N–H and O–H groups in total. The van der Waals surface area contributed by atoms with Gasteiger partial charge in [0.1, 0.15) is 0 Å². The zero-order valence-corrected chi connectivity index (χ0v) is 11.7. The Labute approximate surface area is 112 Å². The lowest BCUT2D eigenvalue weighted by Gasteiger charge is -2.31. The third-order valence-electron chi connectivity index (χ3n) is 2.75. The molecule has 1 aliphatic rings. The van der Waals surface area contributed by atoms with Gasteiger partial charge >= 0.3 is 5.97 Å². The first-order valence-electron chi connectivity index (χ1n) is 5.71. The summed E-state index contributed by atoms with van der Waals surface area (Å²) in [5.74, 6) is -0.473. The lowest BCUT2D eigenvalue weighted by molar-refractivity contribution is -0.140. The van der Waals surface area contributed by atoms with Crippen LogP contribution in [0.15, 0.2) is 0 Å². The van der Waals surface area contributed by atoms with Gasteiger partial charge in [0, 0.05) is 20.1 Å². The zero-order valence-electron chi connectivity index (χ0n) is 10.9. The van der Waals surface area contributed by atoms with Crippen molar-refractivity contribution in [3.05, 3.63) is 0 Å². The van der Waals surface area contributed by atoms with E-state index in [0.717, 1.165) is 4.31 Å². The van der Waals surface area contributed by atoms with Crippen LogP contribution in [-0.4, -0.2) is 69.5 Å². The second kappa shape index (κ2) is 6.81. The predicted octanol–water partition coefficient (Wildman–Crippen LogP) is -1.05. The number of ether oxygens (including phenoxy) is 2. The number of morpholine rings is 1. The van der Waals surface area contributed by atoms with Crippen molar-refractivity contribution in [3.8, 4) is 6.07 Å². The molecule has 1 rings (SSSR count). The van der Waals surface area contributed by atoms with Crippen LogP contribution in [0.1, 0.15) is 6.42 Å². The Morgan fingerprint density at radius 1 is 1.63 bits per heavy atom. The highest BCUT2D eigenvalue weighted by Crippen LogP contribution is 2.13. The maximum Gasteiger partial charge on any atom is 0.306 e. The Morgan fingerprint density at radius 2 is 2.32 bits per heavy atom. The van der Waals surface area contributed by atoms with E-state index in [1.807, 2.05) is 6.07 Å². The molecule has 0 bridgehead atoms. The fraction of sp³-hybridized carbons (Fsp3) is 0.800. The normalized spacial score (nSPS) is 21.1. The van der Waals surface area contributed by atoms with Crippen LogP contribution < -0.4 is 0 Å². The van der Waals surface area contributed by atoms with Crippen LogP contribution in [-0.2, 0) is 24.5 Å². The predicted molar refractivity (Wildman–Crippen MR) is 65.1 cm³/mol. The molecule has 0 saturated carbocycles. The molecule has 1 unspecified atom stereocenters. The second-order valence-electron chi connectivity index (χ2n) is 4.00. The van der Waals surface area contributed by atoms with Crippen LogP contribution >= 0.6 is 0 Å². The summed E-state index contributed by atoms with van der Waals surface area (Å²) < 4.78 is 36.2. The lowest BCUT2D eigenvalue weighted by atomic mass is 10.3. The maximum atomic E-state index is 12.2. The fourth-order valence-electron chi connectivity index (χ4n) is 1.58. The minimum Gasteiger partial charge on any atom is -0.469 e. The van der Waals surface area contributed by atoms with E-state index in [2.05, 4.69) is 4.74 Å². The monoisotopic (exact) mass is 291 g/mol. The lowest BCUT2D eigenvalue weighted by Crippen LogP contribution is -2.50. The van der Waals surface area contributed by atoms with E-state index in [1.54, 1.807) is 0 Å². The van der Waals surface area contributed by atoms with Gasteiger partial charge in [-0.3, -0.25) is 4.79 Å². The molecule has 1 fully saturated rings. The highest BCUT2D eigenvalue weighted by molar-refractivity contribution is 7.86. The standard InChI is InChI=1S/C10H17N3O5S/c1-12(4-3-10(14)17-2)19(15,16)13-5-6-18-9(7-11)8-13/h9H,3-6,8H2,1-2H3. The third kappa shape index (κ3) is 4.14. The highest BCUT2D eigenvalue weighted by atomic mass is 32.2. The number of esters is 1. The van der Waals surface area contributed by atoms with Crippen molar-refractivity contribution in [1.82, 2.24) is 8.61 Å². The van der Waals surface area contributed by atoms with Gasteiger partial charge in [-0.05, 0) is 0 Å². The fourth-order valence-corrected chi connectivity index (χ4v) is 2.92. The van der Waals surface area contributed by atoms with Crippen molar-refractivity contribution in [3.63, 3.8) is 0 Å². The van der Waals surface area contributed by atoms with E-state index in [1.165, 1.54) is 18.5 Å². The third-order valence-corrected chi connectivity index (χ3v) is 4.71. The molecular formula is C10H17N3O5S. The molecule has 0 aliphatic carbocycles. The first kappa shape index (κ1) is 15.8. The van der Waals surface area contributed by atoms with E-state index >= 15 is 0 Å². The summed E-state index contributed by atoms with van der Waals surface area (Å²) in [6, 6.07) is 1.88. The average Bonchev–Trinajstić information content (AvgIpc) is 2.44. The van der Waals surface area contributed by atoms with Gasteiger partial charge in [-0.25, -0.2) is 0 Å². The summed E-state index contributed by atoms with van der Waals surface area (Å²) in [6.45, 7) is 0.413. The van der Waals surface area contributed by atoms with E-state index in [0.29, 0.717) is 0 Å². The minimum absolute atomic E-state index is 0.00139. The van der Waals surface area contributed by atoms with Gasteiger partial charge in [0.25, 0.3) is 10.2 Å². The van der Waals surface area contributed by atoms with Crippen molar-refractivity contribution in [2.45, 2.75) is 12.5 Å². The number of nitriles is 1. The first-order valence-corrected chi connectivity index (χ1v) is 7.11. The molecule has 1 atom stereocenters. The van der Waals surface area contributed by atoms with Gasteiger partial charge in [-0.1, -0.05) is 0 Å². The van der Waals surface area contributed by atoms with Crippen molar-refractivity contribution in [2.75, 3.05) is 40.4 Å². The van der Waals surface area contributed by atoms with Crippen LogP contribution in [0.2, 0.25) is 0 Å². The number of methoxy groups -OCH3 is 1. The molecule has 9 heteroatoms. The first-order chi connectivity index (χ1) is 8.91.